The lowest BCUT2D eigenvalue weighted by atomic mass is 10.1. The Kier molecular flexibility index (Phi) is 2.08. The minimum absolute atomic E-state index is 0.225. The van der Waals surface area contributed by atoms with Crippen molar-refractivity contribution in [3.8, 4) is 17.1 Å². The van der Waals surface area contributed by atoms with E-state index in [0.717, 1.165) is 16.6 Å². The number of imidazole rings is 1. The maximum absolute atomic E-state index is 9.84. The lowest BCUT2D eigenvalue weighted by Gasteiger charge is -2.01. The van der Waals surface area contributed by atoms with E-state index in [1.807, 2.05) is 25.1 Å². The van der Waals surface area contributed by atoms with Gasteiger partial charge >= 0.3 is 0 Å². The molecule has 3 aromatic rings. The van der Waals surface area contributed by atoms with E-state index in [4.69, 9.17) is 0 Å². The Balaban J connectivity index is 2.23. The molecule has 4 heteroatoms. The number of aryl methyl sites for hydroxylation is 1. The number of H-pyrrole nitrogens is 1. The Bertz CT molecular complexity index is 655. The number of aromatic hydroxyl groups is 1. The Morgan fingerprint density at radius 3 is 2.94 bits per heavy atom. The number of fused-ring (bicyclic) bond motifs is 1. The lowest BCUT2D eigenvalue weighted by Crippen LogP contribution is -1.83. The zero-order valence-electron chi connectivity index (χ0n) is 9.31. The first kappa shape index (κ1) is 9.84. The lowest BCUT2D eigenvalue weighted by molar-refractivity contribution is 0.477. The molecule has 0 bridgehead atoms. The number of nitrogens with zero attached hydrogens (tertiary/aromatic N) is 2. The SMILES string of the molecule is Cc1ccc(O)c(-c2nc3ccncc3[nH]2)c1. The smallest absolute Gasteiger partial charge is 0.142 e. The van der Waals surface area contributed by atoms with E-state index >= 15 is 0 Å². The Morgan fingerprint density at radius 1 is 1.24 bits per heavy atom. The summed E-state index contributed by atoms with van der Waals surface area (Å²) in [5.41, 5.74) is 3.50. The highest BCUT2D eigenvalue weighted by molar-refractivity contribution is 5.79. The standard InChI is InChI=1S/C13H11N3O/c1-8-2-3-12(17)9(6-8)13-15-10-4-5-14-7-11(10)16-13/h2-7,17H,1H3,(H,15,16). The highest BCUT2D eigenvalue weighted by Crippen LogP contribution is 2.28. The third kappa shape index (κ3) is 1.63. The highest BCUT2D eigenvalue weighted by Gasteiger charge is 2.09. The number of benzene rings is 1. The largest absolute Gasteiger partial charge is 0.507 e. The van der Waals surface area contributed by atoms with Gasteiger partial charge in [0.25, 0.3) is 0 Å². The average molecular weight is 225 g/mol. The molecule has 0 saturated heterocycles. The van der Waals surface area contributed by atoms with Crippen LogP contribution in [0.1, 0.15) is 5.56 Å². The molecule has 1 aromatic carbocycles. The van der Waals surface area contributed by atoms with Crippen LogP contribution in [0, 0.1) is 6.92 Å². The van der Waals surface area contributed by atoms with E-state index in [1.54, 1.807) is 18.5 Å². The number of aromatic amines is 1. The predicted octanol–water partition coefficient (Wildman–Crippen LogP) is 2.64. The zero-order valence-corrected chi connectivity index (χ0v) is 9.31. The van der Waals surface area contributed by atoms with E-state index in [1.165, 1.54) is 0 Å². The predicted molar refractivity (Wildman–Crippen MR) is 65.7 cm³/mol. The second kappa shape index (κ2) is 3.59. The number of nitrogens with one attached hydrogen (secondary N) is 1. The first-order valence-electron chi connectivity index (χ1n) is 5.34. The van der Waals surface area contributed by atoms with Crippen LogP contribution in [0.15, 0.2) is 36.7 Å². The summed E-state index contributed by atoms with van der Waals surface area (Å²) in [4.78, 5) is 11.6. The summed E-state index contributed by atoms with van der Waals surface area (Å²) in [5, 5.41) is 9.84. The number of phenolic OH excluding ortho intramolecular Hbond substituents is 1. The number of phenols is 1. The molecular formula is C13H11N3O. The van der Waals surface area contributed by atoms with Gasteiger partial charge in [-0.25, -0.2) is 4.98 Å². The molecule has 0 aliphatic heterocycles. The van der Waals surface area contributed by atoms with E-state index in [0.29, 0.717) is 11.4 Å². The van der Waals surface area contributed by atoms with E-state index in [2.05, 4.69) is 15.0 Å². The molecule has 3 rings (SSSR count). The highest BCUT2D eigenvalue weighted by atomic mass is 16.3. The summed E-state index contributed by atoms with van der Waals surface area (Å²) in [6.07, 6.45) is 3.42. The maximum atomic E-state index is 9.84. The van der Waals surface area contributed by atoms with E-state index in [9.17, 15) is 5.11 Å². The van der Waals surface area contributed by atoms with Gasteiger partial charge < -0.3 is 10.1 Å². The number of pyridine rings is 1. The van der Waals surface area contributed by atoms with Crippen molar-refractivity contribution in [2.45, 2.75) is 6.92 Å². The van der Waals surface area contributed by atoms with Crippen LogP contribution in [-0.4, -0.2) is 20.1 Å². The molecule has 0 radical (unpaired) electrons. The van der Waals surface area contributed by atoms with Gasteiger partial charge in [0.1, 0.15) is 11.6 Å². The van der Waals surface area contributed by atoms with Gasteiger partial charge in [0.2, 0.25) is 0 Å². The van der Waals surface area contributed by atoms with Crippen LogP contribution >= 0.6 is 0 Å². The first-order chi connectivity index (χ1) is 8.24. The topological polar surface area (TPSA) is 61.8 Å². The Hall–Kier alpha value is -2.36. The average Bonchev–Trinajstić information content (AvgIpc) is 2.75. The van der Waals surface area contributed by atoms with Crippen LogP contribution in [0.3, 0.4) is 0 Å². The maximum Gasteiger partial charge on any atom is 0.142 e. The van der Waals surface area contributed by atoms with Crippen LogP contribution < -0.4 is 0 Å². The quantitative estimate of drug-likeness (QED) is 0.669. The van der Waals surface area contributed by atoms with Crippen LogP contribution in [0.5, 0.6) is 5.75 Å². The molecule has 0 unspecified atom stereocenters. The van der Waals surface area contributed by atoms with Gasteiger partial charge in [-0.15, -0.1) is 0 Å². The molecule has 2 N–H and O–H groups in total. The second-order valence-electron chi connectivity index (χ2n) is 4.00. The summed E-state index contributed by atoms with van der Waals surface area (Å²) in [5.74, 6) is 0.886. The Morgan fingerprint density at radius 2 is 2.12 bits per heavy atom. The third-order valence-electron chi connectivity index (χ3n) is 2.69. The van der Waals surface area contributed by atoms with Gasteiger partial charge in [-0.1, -0.05) is 11.6 Å². The molecule has 0 spiro atoms. The van der Waals surface area contributed by atoms with Crippen molar-refractivity contribution < 1.29 is 5.11 Å². The van der Waals surface area contributed by atoms with Crippen molar-refractivity contribution in [1.29, 1.82) is 0 Å². The zero-order chi connectivity index (χ0) is 11.8. The fourth-order valence-corrected chi connectivity index (χ4v) is 1.82. The minimum atomic E-state index is 0.225. The molecule has 4 nitrogen and oxygen atoms in total. The molecule has 0 aliphatic carbocycles. The monoisotopic (exact) mass is 225 g/mol. The fourth-order valence-electron chi connectivity index (χ4n) is 1.82. The summed E-state index contributed by atoms with van der Waals surface area (Å²) in [7, 11) is 0. The van der Waals surface area contributed by atoms with Crippen LogP contribution in [0.4, 0.5) is 0 Å². The van der Waals surface area contributed by atoms with Gasteiger partial charge in [-0.05, 0) is 25.1 Å². The first-order valence-corrected chi connectivity index (χ1v) is 5.34. The van der Waals surface area contributed by atoms with Gasteiger partial charge in [-0.2, -0.15) is 0 Å². The molecule has 0 saturated carbocycles. The van der Waals surface area contributed by atoms with Crippen molar-refractivity contribution in [2.75, 3.05) is 0 Å². The van der Waals surface area contributed by atoms with Crippen LogP contribution in [-0.2, 0) is 0 Å². The minimum Gasteiger partial charge on any atom is -0.507 e. The molecular weight excluding hydrogens is 214 g/mol. The molecule has 84 valence electrons. The normalized spacial score (nSPS) is 10.9. The molecule has 17 heavy (non-hydrogen) atoms. The number of aromatic nitrogens is 3. The Labute approximate surface area is 98.0 Å². The molecule has 2 aromatic heterocycles. The number of hydrogen-bond acceptors (Lipinski definition) is 3. The van der Waals surface area contributed by atoms with Gasteiger partial charge in [0.15, 0.2) is 0 Å². The van der Waals surface area contributed by atoms with E-state index < -0.39 is 0 Å². The third-order valence-corrected chi connectivity index (χ3v) is 2.69. The molecule has 0 atom stereocenters. The fraction of sp³-hybridized carbons (Fsp3) is 0.0769. The summed E-state index contributed by atoms with van der Waals surface area (Å²) in [6, 6.07) is 7.28. The van der Waals surface area contributed by atoms with Gasteiger partial charge in [0.05, 0.1) is 22.8 Å². The molecule has 0 aliphatic rings. The van der Waals surface area contributed by atoms with Gasteiger partial charge in [-0.3, -0.25) is 4.98 Å². The van der Waals surface area contributed by atoms with Crippen LogP contribution in [0.2, 0.25) is 0 Å². The van der Waals surface area contributed by atoms with Crippen LogP contribution in [0.25, 0.3) is 22.4 Å². The van der Waals surface area contributed by atoms with Gasteiger partial charge in [0, 0.05) is 6.20 Å². The molecule has 0 amide bonds. The van der Waals surface area contributed by atoms with Crippen molar-refractivity contribution in [1.82, 2.24) is 15.0 Å². The number of rotatable bonds is 1. The summed E-state index contributed by atoms with van der Waals surface area (Å²) in [6.45, 7) is 1.98. The van der Waals surface area contributed by atoms with Crippen molar-refractivity contribution >= 4 is 11.0 Å². The van der Waals surface area contributed by atoms with E-state index in [-0.39, 0.29) is 5.75 Å². The van der Waals surface area contributed by atoms with Crippen molar-refractivity contribution in [3.05, 3.63) is 42.2 Å². The molecule has 0 fully saturated rings. The summed E-state index contributed by atoms with van der Waals surface area (Å²) < 4.78 is 0. The number of hydrogen-bond donors (Lipinski definition) is 2. The van der Waals surface area contributed by atoms with Crippen molar-refractivity contribution in [2.24, 2.45) is 0 Å². The molecule has 2 heterocycles. The summed E-state index contributed by atoms with van der Waals surface area (Å²) >= 11 is 0. The second-order valence-corrected chi connectivity index (χ2v) is 4.00. The van der Waals surface area contributed by atoms with Crippen molar-refractivity contribution in [3.63, 3.8) is 0 Å².